The average molecular weight is 321 g/mol. The van der Waals surface area contributed by atoms with E-state index in [-0.39, 0.29) is 32.1 Å². The fraction of sp³-hybridized carbons (Fsp3) is 0. The number of hydrogen-bond acceptors (Lipinski definition) is 4. The van der Waals surface area contributed by atoms with Gasteiger partial charge >= 0.3 is 0 Å². The van der Waals surface area contributed by atoms with Gasteiger partial charge in [-0.25, -0.2) is 0 Å². The van der Waals surface area contributed by atoms with E-state index < -0.39 is 0 Å². The quantitative estimate of drug-likeness (QED) is 0.665. The molecule has 2 aromatic carbocycles. The lowest BCUT2D eigenvalue weighted by Crippen LogP contribution is -2.04. The first kappa shape index (κ1) is 13.8. The van der Waals surface area contributed by atoms with Crippen molar-refractivity contribution in [1.29, 1.82) is 0 Å². The van der Waals surface area contributed by atoms with Crippen molar-refractivity contribution in [3.05, 3.63) is 56.7 Å². The summed E-state index contributed by atoms with van der Waals surface area (Å²) in [5, 5.41) is 0.644. The largest absolute Gasteiger partial charge is 0.454 e. The second-order valence-corrected chi connectivity index (χ2v) is 5.37. The molecule has 0 atom stereocenters. The third-order valence-corrected chi connectivity index (χ3v) is 3.73. The lowest BCUT2D eigenvalue weighted by Gasteiger charge is -2.08. The van der Waals surface area contributed by atoms with Gasteiger partial charge in [0.15, 0.2) is 11.0 Å². The van der Waals surface area contributed by atoms with Gasteiger partial charge in [0.2, 0.25) is 0 Å². The minimum absolute atomic E-state index is 0.161. The maximum atomic E-state index is 12.3. The zero-order valence-electron chi connectivity index (χ0n) is 10.7. The first-order valence-electron chi connectivity index (χ1n) is 6.04. The Bertz CT molecular complexity index is 902. The fourth-order valence-corrected chi connectivity index (χ4v) is 2.58. The van der Waals surface area contributed by atoms with E-state index in [1.807, 2.05) is 0 Å². The minimum Gasteiger partial charge on any atom is -0.454 e. The van der Waals surface area contributed by atoms with Crippen molar-refractivity contribution >= 4 is 45.5 Å². The molecule has 21 heavy (non-hydrogen) atoms. The van der Waals surface area contributed by atoms with Gasteiger partial charge in [0.1, 0.15) is 5.76 Å². The summed E-state index contributed by atoms with van der Waals surface area (Å²) in [6.07, 6.45) is 0. The summed E-state index contributed by atoms with van der Waals surface area (Å²) in [4.78, 5) is 12.3. The highest BCUT2D eigenvalue weighted by molar-refractivity contribution is 6.40. The van der Waals surface area contributed by atoms with Crippen LogP contribution < -0.4 is 16.9 Å². The van der Waals surface area contributed by atoms with E-state index >= 15 is 0 Å². The third-order valence-electron chi connectivity index (χ3n) is 3.14. The van der Waals surface area contributed by atoms with Gasteiger partial charge in [-0.1, -0.05) is 23.2 Å². The van der Waals surface area contributed by atoms with Gasteiger partial charge in [0, 0.05) is 17.3 Å². The molecule has 6 heteroatoms. The van der Waals surface area contributed by atoms with Crippen molar-refractivity contribution in [1.82, 2.24) is 0 Å². The van der Waals surface area contributed by atoms with Crippen LogP contribution in [0.25, 0.3) is 22.3 Å². The summed E-state index contributed by atoms with van der Waals surface area (Å²) in [5.74, 6) is 0.385. The Balaban J connectivity index is 2.34. The molecule has 0 fully saturated rings. The predicted molar refractivity (Wildman–Crippen MR) is 86.8 cm³/mol. The number of nitrogen functional groups attached to an aromatic ring is 2. The number of rotatable bonds is 1. The average Bonchev–Trinajstić information content (AvgIpc) is 2.45. The summed E-state index contributed by atoms with van der Waals surface area (Å²) in [5.41, 5.74) is 12.9. The molecule has 106 valence electrons. The lowest BCUT2D eigenvalue weighted by molar-refractivity contribution is 0.619. The molecule has 1 aromatic heterocycles. The second kappa shape index (κ2) is 4.98. The highest BCUT2D eigenvalue weighted by atomic mass is 35.5. The number of nitrogens with two attached hydrogens (primary N) is 2. The first-order valence-corrected chi connectivity index (χ1v) is 6.80. The zero-order chi connectivity index (χ0) is 15.1. The summed E-state index contributed by atoms with van der Waals surface area (Å²) in [6, 6.07) is 9.77. The normalized spacial score (nSPS) is 11.0. The Morgan fingerprint density at radius 3 is 2.29 bits per heavy atom. The van der Waals surface area contributed by atoms with E-state index in [9.17, 15) is 4.79 Å². The van der Waals surface area contributed by atoms with Gasteiger partial charge in [0.25, 0.3) is 0 Å². The van der Waals surface area contributed by atoms with Crippen LogP contribution in [0.5, 0.6) is 0 Å². The van der Waals surface area contributed by atoms with Gasteiger partial charge in [-0.05, 0) is 30.3 Å². The van der Waals surface area contributed by atoms with Gasteiger partial charge in [-0.3, -0.25) is 4.79 Å². The molecular weight excluding hydrogens is 311 g/mol. The number of halogens is 2. The van der Waals surface area contributed by atoms with Crippen molar-refractivity contribution in [3.8, 4) is 11.3 Å². The van der Waals surface area contributed by atoms with E-state index in [4.69, 9.17) is 39.1 Å². The Morgan fingerprint density at radius 1 is 0.952 bits per heavy atom. The Kier molecular flexibility index (Phi) is 3.27. The Labute approximate surface area is 129 Å². The molecular formula is C15H10Cl2N2O2. The molecule has 1 heterocycles. The maximum absolute atomic E-state index is 12.3. The van der Waals surface area contributed by atoms with Gasteiger partial charge in [-0.2, -0.15) is 0 Å². The van der Waals surface area contributed by atoms with Crippen LogP contribution in [-0.2, 0) is 0 Å². The second-order valence-electron chi connectivity index (χ2n) is 4.55. The van der Waals surface area contributed by atoms with Crippen LogP contribution in [0.2, 0.25) is 10.0 Å². The van der Waals surface area contributed by atoms with Crippen LogP contribution in [0.4, 0.5) is 11.4 Å². The van der Waals surface area contributed by atoms with E-state index in [2.05, 4.69) is 0 Å². The summed E-state index contributed by atoms with van der Waals surface area (Å²) in [7, 11) is 0. The molecule has 0 saturated carbocycles. The smallest absolute Gasteiger partial charge is 0.195 e. The van der Waals surface area contributed by atoms with E-state index in [0.29, 0.717) is 17.0 Å². The summed E-state index contributed by atoms with van der Waals surface area (Å²) < 4.78 is 5.72. The molecule has 4 N–H and O–H groups in total. The molecule has 0 aliphatic heterocycles. The first-order chi connectivity index (χ1) is 9.97. The number of fused-ring (bicyclic) bond motifs is 1. The van der Waals surface area contributed by atoms with Crippen LogP contribution in [0.15, 0.2) is 45.6 Å². The van der Waals surface area contributed by atoms with Crippen LogP contribution >= 0.6 is 23.2 Å². The standard InChI is InChI=1S/C15H10Cl2N2O2/c16-9-5-10(17)15-13(14(9)19)11(20)6-12(21-15)7-1-3-8(18)4-2-7/h1-6H,18-19H2. The van der Waals surface area contributed by atoms with Crippen molar-refractivity contribution < 1.29 is 4.42 Å². The molecule has 0 unspecified atom stereocenters. The molecule has 0 radical (unpaired) electrons. The number of anilines is 2. The fourth-order valence-electron chi connectivity index (χ4n) is 2.08. The molecule has 0 bridgehead atoms. The molecule has 0 amide bonds. The van der Waals surface area contributed by atoms with Gasteiger partial charge in [0.05, 0.1) is 21.1 Å². The maximum Gasteiger partial charge on any atom is 0.195 e. The Hall–Kier alpha value is -2.17. The topological polar surface area (TPSA) is 82.2 Å². The van der Waals surface area contributed by atoms with Crippen molar-refractivity contribution in [2.45, 2.75) is 0 Å². The zero-order valence-corrected chi connectivity index (χ0v) is 12.2. The monoisotopic (exact) mass is 320 g/mol. The highest BCUT2D eigenvalue weighted by Crippen LogP contribution is 2.34. The minimum atomic E-state index is -0.301. The van der Waals surface area contributed by atoms with Crippen molar-refractivity contribution in [2.75, 3.05) is 11.5 Å². The Morgan fingerprint density at radius 2 is 1.62 bits per heavy atom. The molecule has 0 aliphatic rings. The van der Waals surface area contributed by atoms with Crippen LogP contribution in [0, 0.1) is 0 Å². The third kappa shape index (κ3) is 2.33. The van der Waals surface area contributed by atoms with E-state index in [0.717, 1.165) is 0 Å². The number of hydrogen-bond donors (Lipinski definition) is 2. The van der Waals surface area contributed by atoms with Gasteiger partial charge in [-0.15, -0.1) is 0 Å². The molecule has 0 spiro atoms. The van der Waals surface area contributed by atoms with Gasteiger partial charge < -0.3 is 15.9 Å². The summed E-state index contributed by atoms with van der Waals surface area (Å²) in [6.45, 7) is 0. The van der Waals surface area contributed by atoms with Crippen LogP contribution in [0.1, 0.15) is 0 Å². The SMILES string of the molecule is Nc1ccc(-c2cc(=O)c3c(N)c(Cl)cc(Cl)c3o2)cc1. The highest BCUT2D eigenvalue weighted by Gasteiger charge is 2.15. The summed E-state index contributed by atoms with van der Waals surface area (Å²) >= 11 is 12.0. The van der Waals surface area contributed by atoms with Crippen LogP contribution in [-0.4, -0.2) is 0 Å². The molecule has 0 aliphatic carbocycles. The molecule has 4 nitrogen and oxygen atoms in total. The lowest BCUT2D eigenvalue weighted by atomic mass is 10.1. The van der Waals surface area contributed by atoms with E-state index in [1.165, 1.54) is 12.1 Å². The van der Waals surface area contributed by atoms with Crippen LogP contribution in [0.3, 0.4) is 0 Å². The molecule has 3 aromatic rings. The van der Waals surface area contributed by atoms with E-state index in [1.54, 1.807) is 24.3 Å². The predicted octanol–water partition coefficient (Wildman–Crippen LogP) is 3.93. The molecule has 0 saturated heterocycles. The van der Waals surface area contributed by atoms with Crippen molar-refractivity contribution in [2.24, 2.45) is 0 Å². The number of benzene rings is 2. The van der Waals surface area contributed by atoms with Crippen molar-refractivity contribution in [3.63, 3.8) is 0 Å². The molecule has 3 rings (SSSR count).